The predicted octanol–water partition coefficient (Wildman–Crippen LogP) is 5.12. The molecule has 156 valence electrons. The number of oxazole rings is 1. The smallest absolute Gasteiger partial charge is 0.336 e. The van der Waals surface area contributed by atoms with Crippen LogP contribution >= 0.6 is 0 Å². The zero-order chi connectivity index (χ0) is 21.4. The van der Waals surface area contributed by atoms with Gasteiger partial charge in [0.05, 0.1) is 23.4 Å². The molecule has 1 aliphatic rings. The van der Waals surface area contributed by atoms with E-state index in [2.05, 4.69) is 4.98 Å². The summed E-state index contributed by atoms with van der Waals surface area (Å²) in [6, 6.07) is 16.9. The third kappa shape index (κ3) is 3.70. The molecule has 0 amide bonds. The molecule has 0 fully saturated rings. The normalized spacial score (nSPS) is 13.5. The van der Waals surface area contributed by atoms with Crippen molar-refractivity contribution in [3.8, 4) is 17.2 Å². The fraction of sp³-hybridized carbons (Fsp3) is 0.167. The number of hydrogen-bond acceptors (Lipinski definition) is 5. The average molecular weight is 418 g/mol. The van der Waals surface area contributed by atoms with Crippen molar-refractivity contribution in [1.82, 2.24) is 4.98 Å². The van der Waals surface area contributed by atoms with Crippen LogP contribution in [0.25, 0.3) is 22.6 Å². The number of ether oxygens (including phenoxy) is 1. The van der Waals surface area contributed by atoms with Gasteiger partial charge in [-0.15, -0.1) is 0 Å². The van der Waals surface area contributed by atoms with Crippen LogP contribution in [-0.4, -0.2) is 29.2 Å². The molecule has 4 aromatic rings. The van der Waals surface area contributed by atoms with Crippen LogP contribution in [0.2, 0.25) is 0 Å². The topological polar surface area (TPSA) is 75.8 Å². The Morgan fingerprint density at radius 2 is 2.00 bits per heavy atom. The van der Waals surface area contributed by atoms with Gasteiger partial charge in [0.15, 0.2) is 5.58 Å². The first-order valence-corrected chi connectivity index (χ1v) is 9.98. The molecule has 0 saturated heterocycles. The molecular weight excluding hydrogens is 399 g/mol. The minimum atomic E-state index is -1.07. The van der Waals surface area contributed by atoms with Gasteiger partial charge < -0.3 is 19.2 Å². The standard InChI is InChI=1S/C24H19FN2O4/c25-16-7-9-22-20(13-16)27(10-3-11-30-22)14-15-6-8-17(18(12-15)24(28)29)23-26-19-4-1-2-5-21(19)31-23/h1-2,4-9,12-13H,3,10-11,14H2,(H,28,29). The van der Waals surface area contributed by atoms with E-state index in [4.69, 9.17) is 9.15 Å². The maximum atomic E-state index is 13.9. The number of carbonyl (C=O) groups is 1. The number of hydrogen-bond donors (Lipinski definition) is 1. The van der Waals surface area contributed by atoms with E-state index in [1.54, 1.807) is 24.3 Å². The van der Waals surface area contributed by atoms with Gasteiger partial charge in [0, 0.05) is 19.2 Å². The Hall–Kier alpha value is -3.87. The second-order valence-electron chi connectivity index (χ2n) is 7.41. The van der Waals surface area contributed by atoms with E-state index in [1.165, 1.54) is 12.1 Å². The molecule has 0 aliphatic carbocycles. The van der Waals surface area contributed by atoms with Crippen molar-refractivity contribution in [2.75, 3.05) is 18.1 Å². The molecule has 0 atom stereocenters. The van der Waals surface area contributed by atoms with Crippen LogP contribution in [0.15, 0.2) is 65.1 Å². The Morgan fingerprint density at radius 3 is 2.84 bits per heavy atom. The number of aromatic nitrogens is 1. The van der Waals surface area contributed by atoms with Crippen LogP contribution in [0.1, 0.15) is 22.3 Å². The number of carboxylic acid groups (broad SMARTS) is 1. The fourth-order valence-corrected chi connectivity index (χ4v) is 3.84. The predicted molar refractivity (Wildman–Crippen MR) is 114 cm³/mol. The molecule has 7 heteroatoms. The number of para-hydroxylation sites is 2. The lowest BCUT2D eigenvalue weighted by Gasteiger charge is -2.24. The van der Waals surface area contributed by atoms with Crippen LogP contribution in [0.4, 0.5) is 10.1 Å². The van der Waals surface area contributed by atoms with Crippen molar-refractivity contribution in [1.29, 1.82) is 0 Å². The minimum absolute atomic E-state index is 0.106. The van der Waals surface area contributed by atoms with Gasteiger partial charge in [-0.1, -0.05) is 18.2 Å². The van der Waals surface area contributed by atoms with Crippen LogP contribution in [-0.2, 0) is 6.54 Å². The van der Waals surface area contributed by atoms with Gasteiger partial charge >= 0.3 is 5.97 Å². The Kier molecular flexibility index (Phi) is 4.78. The van der Waals surface area contributed by atoms with Crippen LogP contribution in [0, 0.1) is 5.82 Å². The maximum absolute atomic E-state index is 13.9. The van der Waals surface area contributed by atoms with Crippen molar-refractivity contribution >= 4 is 22.8 Å². The van der Waals surface area contributed by atoms with Gasteiger partial charge in [0.2, 0.25) is 5.89 Å². The minimum Gasteiger partial charge on any atom is -0.491 e. The van der Waals surface area contributed by atoms with Crippen LogP contribution in [0.5, 0.6) is 5.75 Å². The number of carboxylic acids is 1. The van der Waals surface area contributed by atoms with Crippen molar-refractivity contribution in [3.63, 3.8) is 0 Å². The molecule has 5 rings (SSSR count). The number of aromatic carboxylic acids is 1. The summed E-state index contributed by atoms with van der Waals surface area (Å²) in [6.07, 6.45) is 0.781. The molecule has 0 bridgehead atoms. The molecule has 0 radical (unpaired) electrons. The lowest BCUT2D eigenvalue weighted by Crippen LogP contribution is -2.23. The zero-order valence-electron chi connectivity index (χ0n) is 16.5. The molecule has 0 saturated carbocycles. The number of benzene rings is 3. The molecule has 3 aromatic carbocycles. The summed E-state index contributed by atoms with van der Waals surface area (Å²) in [5.74, 6) is -0.516. The second kappa shape index (κ2) is 7.75. The molecule has 6 nitrogen and oxygen atoms in total. The molecule has 1 N–H and O–H groups in total. The third-order valence-electron chi connectivity index (χ3n) is 5.30. The van der Waals surface area contributed by atoms with Gasteiger partial charge in [-0.05, 0) is 48.4 Å². The summed E-state index contributed by atoms with van der Waals surface area (Å²) < 4.78 is 25.3. The maximum Gasteiger partial charge on any atom is 0.336 e. The van der Waals surface area contributed by atoms with Crippen molar-refractivity contribution in [3.05, 3.63) is 77.6 Å². The van der Waals surface area contributed by atoms with Gasteiger partial charge in [0.25, 0.3) is 0 Å². The second-order valence-corrected chi connectivity index (χ2v) is 7.41. The lowest BCUT2D eigenvalue weighted by molar-refractivity contribution is 0.0697. The fourth-order valence-electron chi connectivity index (χ4n) is 3.84. The SMILES string of the molecule is O=C(O)c1cc(CN2CCCOc3ccc(F)cc32)ccc1-c1nc2ccccc2o1. The number of anilines is 1. The number of fused-ring (bicyclic) bond motifs is 2. The summed E-state index contributed by atoms with van der Waals surface area (Å²) in [4.78, 5) is 18.4. The van der Waals surface area contributed by atoms with E-state index in [0.717, 1.165) is 12.0 Å². The first-order valence-electron chi connectivity index (χ1n) is 9.98. The summed E-state index contributed by atoms with van der Waals surface area (Å²) in [5.41, 5.74) is 3.24. The van der Waals surface area contributed by atoms with Crippen LogP contribution in [0.3, 0.4) is 0 Å². The number of halogens is 1. The zero-order valence-corrected chi connectivity index (χ0v) is 16.5. The summed E-state index contributed by atoms with van der Waals surface area (Å²) in [7, 11) is 0. The molecule has 0 spiro atoms. The monoisotopic (exact) mass is 418 g/mol. The van der Waals surface area contributed by atoms with Gasteiger partial charge in [-0.3, -0.25) is 0 Å². The third-order valence-corrected chi connectivity index (χ3v) is 5.30. The highest BCUT2D eigenvalue weighted by Gasteiger charge is 2.21. The highest BCUT2D eigenvalue weighted by molar-refractivity contribution is 5.95. The molecule has 0 unspecified atom stereocenters. The Labute approximate surface area is 177 Å². The van der Waals surface area contributed by atoms with Crippen molar-refractivity contribution in [2.24, 2.45) is 0 Å². The largest absolute Gasteiger partial charge is 0.491 e. The first kappa shape index (κ1) is 19.1. The Bertz CT molecular complexity index is 1250. The van der Waals surface area contributed by atoms with Gasteiger partial charge in [-0.2, -0.15) is 0 Å². The highest BCUT2D eigenvalue weighted by Crippen LogP contribution is 2.34. The first-order chi connectivity index (χ1) is 15.1. The van der Waals surface area contributed by atoms with E-state index in [9.17, 15) is 14.3 Å². The van der Waals surface area contributed by atoms with Crippen molar-refractivity contribution in [2.45, 2.75) is 13.0 Å². The van der Waals surface area contributed by atoms with E-state index < -0.39 is 5.97 Å². The highest BCUT2D eigenvalue weighted by atomic mass is 19.1. The summed E-state index contributed by atoms with van der Waals surface area (Å²) >= 11 is 0. The van der Waals surface area contributed by atoms with Crippen LogP contribution < -0.4 is 9.64 Å². The number of rotatable bonds is 4. The van der Waals surface area contributed by atoms with E-state index in [0.29, 0.717) is 47.8 Å². The molecule has 1 aliphatic heterocycles. The van der Waals surface area contributed by atoms with Gasteiger partial charge in [0.1, 0.15) is 17.1 Å². The quantitative estimate of drug-likeness (QED) is 0.496. The molecular formula is C24H19FN2O4. The lowest BCUT2D eigenvalue weighted by atomic mass is 10.0. The summed E-state index contributed by atoms with van der Waals surface area (Å²) in [5, 5.41) is 9.82. The number of nitrogens with zero attached hydrogens (tertiary/aromatic N) is 2. The Balaban J connectivity index is 1.51. The summed E-state index contributed by atoms with van der Waals surface area (Å²) in [6.45, 7) is 1.64. The molecule has 31 heavy (non-hydrogen) atoms. The van der Waals surface area contributed by atoms with Gasteiger partial charge in [-0.25, -0.2) is 14.2 Å². The van der Waals surface area contributed by atoms with Crippen molar-refractivity contribution < 1.29 is 23.4 Å². The Morgan fingerprint density at radius 1 is 1.13 bits per heavy atom. The molecule has 2 heterocycles. The average Bonchev–Trinajstić information content (AvgIpc) is 3.11. The van der Waals surface area contributed by atoms with E-state index in [-0.39, 0.29) is 17.3 Å². The molecule has 1 aromatic heterocycles. The van der Waals surface area contributed by atoms with E-state index >= 15 is 0 Å². The van der Waals surface area contributed by atoms with E-state index in [1.807, 2.05) is 29.2 Å².